The van der Waals surface area contributed by atoms with Gasteiger partial charge in [0, 0.05) is 12.2 Å². The Balaban J connectivity index is 1.41. The van der Waals surface area contributed by atoms with Gasteiger partial charge in [-0.2, -0.15) is 0 Å². The fourth-order valence-electron chi connectivity index (χ4n) is 3.52. The van der Waals surface area contributed by atoms with Crippen molar-refractivity contribution in [2.75, 3.05) is 36.5 Å². The van der Waals surface area contributed by atoms with Crippen LogP contribution in [0.25, 0.3) is 0 Å². The van der Waals surface area contributed by atoms with Crippen molar-refractivity contribution in [3.8, 4) is 0 Å². The minimum Gasteiger partial charge on any atom is -0.353 e. The van der Waals surface area contributed by atoms with Gasteiger partial charge in [-0.25, -0.2) is 0 Å². The molecule has 5 nitrogen and oxygen atoms in total. The van der Waals surface area contributed by atoms with Crippen molar-refractivity contribution in [2.24, 2.45) is 0 Å². The Morgan fingerprint density at radius 1 is 0.966 bits per heavy atom. The van der Waals surface area contributed by atoms with E-state index in [-0.39, 0.29) is 29.4 Å². The first-order valence-electron chi connectivity index (χ1n) is 10.1. The van der Waals surface area contributed by atoms with Gasteiger partial charge in [0.15, 0.2) is 0 Å². The number of aryl methyl sites for hydroxylation is 1. The molecule has 3 rings (SSSR count). The number of nitrogens with one attached hydrogen (secondary N) is 2. The highest BCUT2D eigenvalue weighted by Gasteiger charge is 2.23. The molecule has 2 aromatic carbocycles. The minimum absolute atomic E-state index is 0.0294. The lowest BCUT2D eigenvalue weighted by atomic mass is 10.1. The molecular weight excluding hydrogens is 382 g/mol. The number of hydrogen-bond acceptors (Lipinski definition) is 4. The van der Waals surface area contributed by atoms with E-state index in [1.54, 1.807) is 0 Å². The number of hydrogen-bond donors (Lipinski definition) is 2. The van der Waals surface area contributed by atoms with Crippen LogP contribution in [0.4, 0.5) is 5.69 Å². The van der Waals surface area contributed by atoms with Crippen LogP contribution in [0.5, 0.6) is 0 Å². The quantitative estimate of drug-likeness (QED) is 0.662. The second-order valence-electron chi connectivity index (χ2n) is 7.38. The van der Waals surface area contributed by atoms with E-state index in [9.17, 15) is 9.59 Å². The summed E-state index contributed by atoms with van der Waals surface area (Å²) in [5.41, 5.74) is 3.17. The number of nitrogens with zero attached hydrogens (tertiary/aromatic N) is 1. The van der Waals surface area contributed by atoms with Gasteiger partial charge < -0.3 is 10.6 Å². The fourth-order valence-corrected chi connectivity index (χ4v) is 4.17. The van der Waals surface area contributed by atoms with Gasteiger partial charge in [0.1, 0.15) is 0 Å². The van der Waals surface area contributed by atoms with Crippen LogP contribution < -0.4 is 10.6 Å². The third-order valence-electron chi connectivity index (χ3n) is 5.06. The van der Waals surface area contributed by atoms with E-state index in [4.69, 9.17) is 0 Å². The van der Waals surface area contributed by atoms with Crippen LogP contribution in [-0.4, -0.2) is 47.9 Å². The molecule has 0 aliphatic carbocycles. The standard InChI is InChI=1S/C23H29N3O2S/c1-18-9-11-20(12-10-18)25-23(28)17-29-16-22(27)24-15-21(26-13-5-6-14-26)19-7-3-2-4-8-19/h2-4,7-12,21H,5-6,13-17H2,1H3,(H,24,27)(H,25,28). The second-order valence-corrected chi connectivity index (χ2v) is 8.37. The summed E-state index contributed by atoms with van der Waals surface area (Å²) < 4.78 is 0. The van der Waals surface area contributed by atoms with Crippen molar-refractivity contribution in [1.29, 1.82) is 0 Å². The molecule has 2 N–H and O–H groups in total. The second kappa shape index (κ2) is 11.0. The summed E-state index contributed by atoms with van der Waals surface area (Å²) >= 11 is 1.33. The van der Waals surface area contributed by atoms with E-state index in [1.165, 1.54) is 30.2 Å². The molecule has 0 aromatic heterocycles. The number of likely N-dealkylation sites (tertiary alicyclic amines) is 1. The zero-order valence-electron chi connectivity index (χ0n) is 16.9. The van der Waals surface area contributed by atoms with Gasteiger partial charge in [-0.05, 0) is 50.6 Å². The molecule has 0 saturated carbocycles. The van der Waals surface area contributed by atoms with Crippen molar-refractivity contribution in [1.82, 2.24) is 10.2 Å². The van der Waals surface area contributed by atoms with Crippen LogP contribution in [0, 0.1) is 6.92 Å². The number of thioether (sulfide) groups is 1. The van der Waals surface area contributed by atoms with Crippen molar-refractivity contribution in [3.63, 3.8) is 0 Å². The largest absolute Gasteiger partial charge is 0.353 e. The third kappa shape index (κ3) is 6.91. The van der Waals surface area contributed by atoms with Crippen LogP contribution >= 0.6 is 11.8 Å². The predicted octanol–water partition coefficient (Wildman–Crippen LogP) is 3.62. The number of anilines is 1. The summed E-state index contributed by atoms with van der Waals surface area (Å²) in [5.74, 6) is 0.419. The molecule has 1 aliphatic rings. The van der Waals surface area contributed by atoms with E-state index in [0.717, 1.165) is 24.3 Å². The molecule has 154 valence electrons. The lowest BCUT2D eigenvalue weighted by molar-refractivity contribution is -0.118. The number of benzene rings is 2. The lowest BCUT2D eigenvalue weighted by Crippen LogP contribution is -2.37. The van der Waals surface area contributed by atoms with E-state index < -0.39 is 0 Å². The van der Waals surface area contributed by atoms with Crippen LogP contribution in [0.1, 0.15) is 30.0 Å². The van der Waals surface area contributed by atoms with Crippen LogP contribution in [-0.2, 0) is 9.59 Å². The topological polar surface area (TPSA) is 61.4 Å². The van der Waals surface area contributed by atoms with Crippen LogP contribution in [0.2, 0.25) is 0 Å². The molecule has 1 heterocycles. The zero-order chi connectivity index (χ0) is 20.5. The highest BCUT2D eigenvalue weighted by Crippen LogP contribution is 2.24. The molecule has 2 aromatic rings. The van der Waals surface area contributed by atoms with Crippen LogP contribution in [0.15, 0.2) is 54.6 Å². The smallest absolute Gasteiger partial charge is 0.234 e. The number of carbonyl (C=O) groups excluding carboxylic acids is 2. The summed E-state index contributed by atoms with van der Waals surface area (Å²) in [6, 6.07) is 18.2. The van der Waals surface area contributed by atoms with Crippen molar-refractivity contribution < 1.29 is 9.59 Å². The lowest BCUT2D eigenvalue weighted by Gasteiger charge is -2.28. The summed E-state index contributed by atoms with van der Waals surface area (Å²) in [7, 11) is 0. The average molecular weight is 412 g/mol. The molecule has 1 atom stereocenters. The molecule has 1 saturated heterocycles. The van der Waals surface area contributed by atoms with Crippen molar-refractivity contribution >= 4 is 29.3 Å². The van der Waals surface area contributed by atoms with Gasteiger partial charge in [0.25, 0.3) is 0 Å². The van der Waals surface area contributed by atoms with Gasteiger partial charge in [-0.15, -0.1) is 11.8 Å². The Hall–Kier alpha value is -2.31. The molecule has 0 spiro atoms. The molecule has 6 heteroatoms. The molecule has 1 unspecified atom stereocenters. The van der Waals surface area contributed by atoms with Gasteiger partial charge in [0.2, 0.25) is 11.8 Å². The first-order valence-corrected chi connectivity index (χ1v) is 11.3. The summed E-state index contributed by atoms with van der Waals surface area (Å²) in [6.07, 6.45) is 2.42. The Labute approximate surface area is 177 Å². The Kier molecular flexibility index (Phi) is 8.14. The maximum Gasteiger partial charge on any atom is 0.234 e. The number of rotatable bonds is 9. The predicted molar refractivity (Wildman–Crippen MR) is 120 cm³/mol. The fraction of sp³-hybridized carbons (Fsp3) is 0.391. The van der Waals surface area contributed by atoms with E-state index in [1.807, 2.05) is 49.4 Å². The highest BCUT2D eigenvalue weighted by atomic mass is 32.2. The van der Waals surface area contributed by atoms with E-state index in [0.29, 0.717) is 6.54 Å². The molecule has 0 bridgehead atoms. The van der Waals surface area contributed by atoms with Gasteiger partial charge in [0.05, 0.1) is 17.5 Å². The maximum atomic E-state index is 12.3. The molecule has 1 fully saturated rings. The van der Waals surface area contributed by atoms with Crippen LogP contribution in [0.3, 0.4) is 0 Å². The molecule has 0 radical (unpaired) electrons. The van der Waals surface area contributed by atoms with Gasteiger partial charge in [-0.1, -0.05) is 48.0 Å². The summed E-state index contributed by atoms with van der Waals surface area (Å²) in [6.45, 7) is 4.75. The summed E-state index contributed by atoms with van der Waals surface area (Å²) in [5, 5.41) is 5.91. The normalized spacial score (nSPS) is 15.1. The maximum absolute atomic E-state index is 12.3. The third-order valence-corrected chi connectivity index (χ3v) is 5.99. The number of amides is 2. The molecule has 1 aliphatic heterocycles. The molecule has 2 amide bonds. The Morgan fingerprint density at radius 3 is 2.31 bits per heavy atom. The van der Waals surface area contributed by atoms with E-state index >= 15 is 0 Å². The minimum atomic E-state index is -0.0918. The average Bonchev–Trinajstić information content (AvgIpc) is 3.25. The molecule has 29 heavy (non-hydrogen) atoms. The van der Waals surface area contributed by atoms with Gasteiger partial charge in [-0.3, -0.25) is 14.5 Å². The van der Waals surface area contributed by atoms with Gasteiger partial charge >= 0.3 is 0 Å². The number of carbonyl (C=O) groups is 2. The zero-order valence-corrected chi connectivity index (χ0v) is 17.7. The Morgan fingerprint density at radius 2 is 1.62 bits per heavy atom. The van der Waals surface area contributed by atoms with E-state index in [2.05, 4.69) is 27.7 Å². The molecular formula is C23H29N3O2S. The summed E-state index contributed by atoms with van der Waals surface area (Å²) in [4.78, 5) is 26.8. The highest BCUT2D eigenvalue weighted by molar-refractivity contribution is 8.00. The monoisotopic (exact) mass is 411 g/mol. The Bertz CT molecular complexity index is 790. The van der Waals surface area contributed by atoms with Crippen molar-refractivity contribution in [2.45, 2.75) is 25.8 Å². The first-order chi connectivity index (χ1) is 14.1. The SMILES string of the molecule is Cc1ccc(NC(=O)CSCC(=O)NCC(c2ccccc2)N2CCCC2)cc1. The first kappa shape index (κ1) is 21.4. The van der Waals surface area contributed by atoms with Crippen molar-refractivity contribution in [3.05, 3.63) is 65.7 Å².